The molecule has 2 nitrogen and oxygen atoms in total. The van der Waals surface area contributed by atoms with Crippen LogP contribution in [0.2, 0.25) is 0 Å². The summed E-state index contributed by atoms with van der Waals surface area (Å²) in [4.78, 5) is 2.26. The van der Waals surface area contributed by atoms with Crippen LogP contribution in [0.15, 0.2) is 33.4 Å². The van der Waals surface area contributed by atoms with Gasteiger partial charge in [0.15, 0.2) is 0 Å². The predicted molar refractivity (Wildman–Crippen MR) is 75.0 cm³/mol. The Kier molecular flexibility index (Phi) is 6.57. The highest BCUT2D eigenvalue weighted by atomic mass is 79.9. The Morgan fingerprint density at radius 1 is 1.06 bits per heavy atom. The zero-order chi connectivity index (χ0) is 12.5. The van der Waals surface area contributed by atoms with Gasteiger partial charge in [-0.25, -0.2) is 0 Å². The molecule has 0 bridgehead atoms. The van der Waals surface area contributed by atoms with E-state index in [4.69, 9.17) is 10.5 Å². The van der Waals surface area contributed by atoms with Gasteiger partial charge in [0, 0.05) is 9.75 Å². The van der Waals surface area contributed by atoms with Crippen molar-refractivity contribution in [3.63, 3.8) is 0 Å². The first-order chi connectivity index (χ1) is 8.26. The van der Waals surface area contributed by atoms with Gasteiger partial charge in [-0.2, -0.15) is 10.5 Å². The van der Waals surface area contributed by atoms with Crippen molar-refractivity contribution in [3.8, 4) is 12.1 Å². The lowest BCUT2D eigenvalue weighted by molar-refractivity contribution is 1.32. The lowest BCUT2D eigenvalue weighted by Gasteiger charge is -1.77. The highest BCUT2D eigenvalue weighted by Gasteiger charge is 1.93. The van der Waals surface area contributed by atoms with Crippen LogP contribution in [0, 0.1) is 22.7 Å². The quantitative estimate of drug-likeness (QED) is 0.822. The van der Waals surface area contributed by atoms with Gasteiger partial charge in [0.1, 0.15) is 0 Å². The van der Waals surface area contributed by atoms with Crippen LogP contribution in [0.3, 0.4) is 0 Å². The fourth-order valence-corrected chi connectivity index (χ4v) is 3.07. The Morgan fingerprint density at radius 2 is 1.76 bits per heavy atom. The van der Waals surface area contributed by atoms with Gasteiger partial charge in [-0.15, -0.1) is 22.7 Å². The molecule has 0 N–H and O–H groups in total. The van der Waals surface area contributed by atoms with E-state index in [1.165, 1.54) is 0 Å². The third-order valence-electron chi connectivity index (χ3n) is 1.72. The summed E-state index contributed by atoms with van der Waals surface area (Å²) in [6, 6.07) is 12.0. The molecule has 0 amide bonds. The molecule has 0 fully saturated rings. The molecule has 2 aromatic rings. The van der Waals surface area contributed by atoms with E-state index in [1.807, 2.05) is 29.6 Å². The molecule has 0 saturated heterocycles. The van der Waals surface area contributed by atoms with E-state index in [0.29, 0.717) is 12.8 Å². The maximum Gasteiger partial charge on any atom is 0.0701 e. The largest absolute Gasteiger partial charge is 0.198 e. The van der Waals surface area contributed by atoms with Crippen molar-refractivity contribution in [2.24, 2.45) is 0 Å². The fourth-order valence-electron chi connectivity index (χ4n) is 1.02. The van der Waals surface area contributed by atoms with Crippen molar-refractivity contribution in [1.29, 1.82) is 10.5 Å². The number of nitrogens with zero attached hydrogens (tertiary/aromatic N) is 2. The average molecular weight is 325 g/mol. The van der Waals surface area contributed by atoms with Gasteiger partial charge < -0.3 is 0 Å². The van der Waals surface area contributed by atoms with Gasteiger partial charge in [0.2, 0.25) is 0 Å². The molecule has 0 aromatic carbocycles. The predicted octanol–water partition coefficient (Wildman–Crippen LogP) is 4.39. The van der Waals surface area contributed by atoms with Crippen molar-refractivity contribution in [1.82, 2.24) is 0 Å². The number of hydrogen-bond donors (Lipinski definition) is 0. The number of hydrogen-bond acceptors (Lipinski definition) is 4. The van der Waals surface area contributed by atoms with Crippen molar-refractivity contribution < 1.29 is 0 Å². The van der Waals surface area contributed by atoms with Crippen LogP contribution in [0.5, 0.6) is 0 Å². The summed E-state index contributed by atoms with van der Waals surface area (Å²) in [5.74, 6) is 0. The first-order valence-corrected chi connectivity index (χ1v) is 7.25. The maximum absolute atomic E-state index is 8.27. The first kappa shape index (κ1) is 13.9. The summed E-state index contributed by atoms with van der Waals surface area (Å²) in [5.41, 5.74) is 0. The van der Waals surface area contributed by atoms with Gasteiger partial charge in [-0.3, -0.25) is 0 Å². The Hall–Kier alpha value is -1.14. The average Bonchev–Trinajstić information content (AvgIpc) is 2.93. The van der Waals surface area contributed by atoms with Crippen LogP contribution < -0.4 is 0 Å². The zero-order valence-electron chi connectivity index (χ0n) is 8.89. The summed E-state index contributed by atoms with van der Waals surface area (Å²) in [6.45, 7) is 0. The fraction of sp³-hybridized carbons (Fsp3) is 0.167. The van der Waals surface area contributed by atoms with Gasteiger partial charge in [0.05, 0.1) is 28.8 Å². The molecule has 2 aromatic heterocycles. The number of thiophene rings is 2. The number of nitriles is 2. The van der Waals surface area contributed by atoms with Gasteiger partial charge in [-0.1, -0.05) is 6.07 Å². The van der Waals surface area contributed by atoms with E-state index in [2.05, 4.69) is 28.1 Å². The summed E-state index contributed by atoms with van der Waals surface area (Å²) in [5, 5.41) is 18.4. The zero-order valence-corrected chi connectivity index (χ0v) is 12.1. The topological polar surface area (TPSA) is 47.6 Å². The molecular weight excluding hydrogens is 316 g/mol. The first-order valence-electron chi connectivity index (χ1n) is 4.76. The van der Waals surface area contributed by atoms with E-state index in [9.17, 15) is 0 Å². The molecule has 2 heterocycles. The molecule has 0 unspecified atom stereocenters. The summed E-state index contributed by atoms with van der Waals surface area (Å²) < 4.78 is 1.09. The SMILES string of the molecule is N#CCc1ccc(Br)s1.N#CCc1cccs1. The normalized spacial score (nSPS) is 8.65. The van der Waals surface area contributed by atoms with E-state index < -0.39 is 0 Å². The molecule has 0 aliphatic rings. The summed E-state index contributed by atoms with van der Waals surface area (Å²) >= 11 is 6.54. The molecule has 86 valence electrons. The molecule has 0 aliphatic carbocycles. The van der Waals surface area contributed by atoms with Crippen LogP contribution >= 0.6 is 38.6 Å². The van der Waals surface area contributed by atoms with E-state index in [-0.39, 0.29) is 0 Å². The summed E-state index contributed by atoms with van der Waals surface area (Å²) in [7, 11) is 0. The Balaban J connectivity index is 0.000000171. The van der Waals surface area contributed by atoms with E-state index in [1.54, 1.807) is 22.7 Å². The van der Waals surface area contributed by atoms with Crippen molar-refractivity contribution in [2.45, 2.75) is 12.8 Å². The van der Waals surface area contributed by atoms with Gasteiger partial charge >= 0.3 is 0 Å². The van der Waals surface area contributed by atoms with Crippen molar-refractivity contribution in [2.75, 3.05) is 0 Å². The Labute approximate surface area is 117 Å². The minimum Gasteiger partial charge on any atom is -0.198 e. The molecule has 0 spiro atoms. The van der Waals surface area contributed by atoms with E-state index >= 15 is 0 Å². The molecule has 5 heteroatoms. The standard InChI is InChI=1S/C6H4BrNS.C6H5NS/c7-6-2-1-5(9-6)3-4-8;7-4-3-6-2-1-5-8-6/h1-2H,3H2;1-2,5H,3H2. The second-order valence-electron chi connectivity index (χ2n) is 2.95. The Morgan fingerprint density at radius 3 is 2.24 bits per heavy atom. The van der Waals surface area contributed by atoms with E-state index in [0.717, 1.165) is 13.5 Å². The lowest BCUT2D eigenvalue weighted by atomic mass is 10.4. The van der Waals surface area contributed by atoms with Crippen LogP contribution in [0.4, 0.5) is 0 Å². The van der Waals surface area contributed by atoms with Crippen molar-refractivity contribution >= 4 is 38.6 Å². The number of halogens is 1. The minimum absolute atomic E-state index is 0.524. The second-order valence-corrected chi connectivity index (χ2v) is 6.53. The highest BCUT2D eigenvalue weighted by Crippen LogP contribution is 2.21. The van der Waals surface area contributed by atoms with Crippen LogP contribution in [0.1, 0.15) is 9.75 Å². The third-order valence-corrected chi connectivity index (χ3v) is 4.22. The smallest absolute Gasteiger partial charge is 0.0701 e. The second kappa shape index (κ2) is 8.03. The van der Waals surface area contributed by atoms with Crippen molar-refractivity contribution in [3.05, 3.63) is 43.2 Å². The molecule has 0 radical (unpaired) electrons. The minimum atomic E-state index is 0.524. The summed E-state index contributed by atoms with van der Waals surface area (Å²) in [6.07, 6.45) is 1.08. The molecular formula is C12H9BrN2S2. The molecule has 2 rings (SSSR count). The monoisotopic (exact) mass is 324 g/mol. The lowest BCUT2D eigenvalue weighted by Crippen LogP contribution is -1.67. The highest BCUT2D eigenvalue weighted by molar-refractivity contribution is 9.11. The molecule has 0 aliphatic heterocycles. The van der Waals surface area contributed by atoms with Crippen LogP contribution in [-0.2, 0) is 12.8 Å². The number of rotatable bonds is 2. The molecule has 0 saturated carbocycles. The van der Waals surface area contributed by atoms with Crippen LogP contribution in [-0.4, -0.2) is 0 Å². The van der Waals surface area contributed by atoms with Gasteiger partial charge in [-0.05, 0) is 39.5 Å². The maximum atomic E-state index is 8.27. The molecule has 17 heavy (non-hydrogen) atoms. The third kappa shape index (κ3) is 5.65. The van der Waals surface area contributed by atoms with Gasteiger partial charge in [0.25, 0.3) is 0 Å². The van der Waals surface area contributed by atoms with Crippen LogP contribution in [0.25, 0.3) is 0 Å². The molecule has 0 atom stereocenters. The Bertz CT molecular complexity index is 517.